The molecule has 1 heterocycles. The van der Waals surface area contributed by atoms with Gasteiger partial charge in [-0.2, -0.15) is 0 Å². The molecule has 7 heteroatoms. The van der Waals surface area contributed by atoms with Gasteiger partial charge in [0.25, 0.3) is 0 Å². The van der Waals surface area contributed by atoms with Crippen LogP contribution >= 0.6 is 0 Å². The van der Waals surface area contributed by atoms with Gasteiger partial charge < -0.3 is 14.9 Å². The maximum absolute atomic E-state index is 10.5. The van der Waals surface area contributed by atoms with Crippen LogP contribution in [0.5, 0.6) is 0 Å². The summed E-state index contributed by atoms with van der Waals surface area (Å²) in [6.07, 6.45) is 1.17. The van der Waals surface area contributed by atoms with Crippen molar-refractivity contribution in [2.75, 3.05) is 6.61 Å². The number of aryl methyl sites for hydroxylation is 1. The van der Waals surface area contributed by atoms with Crippen molar-refractivity contribution in [3.63, 3.8) is 0 Å². The van der Waals surface area contributed by atoms with E-state index in [1.807, 2.05) is 0 Å². The van der Waals surface area contributed by atoms with E-state index in [9.17, 15) is 14.9 Å². The first-order chi connectivity index (χ1) is 6.66. The van der Waals surface area contributed by atoms with Crippen molar-refractivity contribution < 1.29 is 14.5 Å². The topological polar surface area (TPSA) is 87.3 Å². The molecular weight excluding hydrogens is 190 g/mol. The molecule has 7 nitrogen and oxygen atoms in total. The van der Waals surface area contributed by atoms with E-state index in [1.54, 1.807) is 6.92 Å². The van der Waals surface area contributed by atoms with Crippen molar-refractivity contribution in [3.8, 4) is 0 Å². The second-order valence-corrected chi connectivity index (χ2v) is 2.50. The molecule has 0 bridgehead atoms. The maximum atomic E-state index is 10.5. The van der Waals surface area contributed by atoms with Gasteiger partial charge >= 0.3 is 12.3 Å². The molecule has 0 aliphatic carbocycles. The van der Waals surface area contributed by atoms with Crippen LogP contribution in [0.15, 0.2) is 6.20 Å². The molecule has 0 fully saturated rings. The van der Waals surface area contributed by atoms with Gasteiger partial charge in [0, 0.05) is 6.92 Å². The summed E-state index contributed by atoms with van der Waals surface area (Å²) in [5.74, 6) is 0.392. The molecule has 0 saturated carbocycles. The van der Waals surface area contributed by atoms with Crippen LogP contribution in [0.1, 0.15) is 5.82 Å². The molecule has 0 aliphatic heterocycles. The van der Waals surface area contributed by atoms with E-state index in [0.717, 1.165) is 0 Å². The highest BCUT2D eigenvalue weighted by Gasteiger charge is 2.16. The Morgan fingerprint density at radius 2 is 2.50 bits per heavy atom. The Morgan fingerprint density at radius 3 is 3.07 bits per heavy atom. The molecule has 0 amide bonds. The van der Waals surface area contributed by atoms with Crippen molar-refractivity contribution in [1.29, 1.82) is 0 Å². The van der Waals surface area contributed by atoms with E-state index in [2.05, 4.69) is 9.72 Å². The average Bonchev–Trinajstić information content (AvgIpc) is 2.48. The monoisotopic (exact) mass is 198 g/mol. The number of nitrogens with zero attached hydrogens (tertiary/aromatic N) is 3. The molecule has 1 aromatic rings. The fourth-order valence-corrected chi connectivity index (χ4v) is 1.06. The molecule has 1 aromatic heterocycles. The fraction of sp³-hybridized carbons (Fsp3) is 0.429. The molecule has 0 saturated heterocycles. The molecule has 0 aliphatic rings. The highest BCUT2D eigenvalue weighted by Crippen LogP contribution is 2.12. The number of carbonyl (C=O) groups excluding carboxylic acids is 1. The van der Waals surface area contributed by atoms with Gasteiger partial charge in [-0.1, -0.05) is 0 Å². The number of rotatable bonds is 5. The Bertz CT molecular complexity index is 347. The minimum absolute atomic E-state index is 0.0432. The summed E-state index contributed by atoms with van der Waals surface area (Å²) < 4.78 is 5.68. The van der Waals surface area contributed by atoms with E-state index >= 15 is 0 Å². The third-order valence-electron chi connectivity index (χ3n) is 1.70. The van der Waals surface area contributed by atoms with E-state index in [1.165, 1.54) is 17.2 Å². The summed E-state index contributed by atoms with van der Waals surface area (Å²) in [7, 11) is 0. The minimum Gasteiger partial charge on any atom is -0.453 e. The number of ether oxygens (including phenoxy) is 1. The molecule has 1 rings (SSSR count). The van der Waals surface area contributed by atoms with Gasteiger partial charge in [-0.15, -0.1) is 0 Å². The van der Waals surface area contributed by atoms with E-state index in [-0.39, 0.29) is 19.0 Å². The lowest BCUT2D eigenvalue weighted by Crippen LogP contribution is -2.09. The Hall–Kier alpha value is -1.92. The van der Waals surface area contributed by atoms with Crippen LogP contribution in [0.4, 0.5) is 5.82 Å². The zero-order valence-corrected chi connectivity index (χ0v) is 7.47. The largest absolute Gasteiger partial charge is 0.453 e. The lowest BCUT2D eigenvalue weighted by molar-refractivity contribution is -0.392. The van der Waals surface area contributed by atoms with Gasteiger partial charge in [0.2, 0.25) is 0 Å². The van der Waals surface area contributed by atoms with E-state index < -0.39 is 4.92 Å². The summed E-state index contributed by atoms with van der Waals surface area (Å²) >= 11 is 0. The summed E-state index contributed by atoms with van der Waals surface area (Å²) in [5, 5.41) is 10.5. The zero-order chi connectivity index (χ0) is 10.6. The second-order valence-electron chi connectivity index (χ2n) is 2.50. The maximum Gasteiger partial charge on any atom is 0.417 e. The Kier molecular flexibility index (Phi) is 3.16. The highest BCUT2D eigenvalue weighted by atomic mass is 16.6. The molecule has 0 unspecified atom stereocenters. The molecule has 75 valence electrons. The van der Waals surface area contributed by atoms with Gasteiger partial charge in [-0.3, -0.25) is 0 Å². The highest BCUT2D eigenvalue weighted by molar-refractivity contribution is 5.38. The fourth-order valence-electron chi connectivity index (χ4n) is 1.06. The third-order valence-corrected chi connectivity index (χ3v) is 1.70. The van der Waals surface area contributed by atoms with Crippen molar-refractivity contribution >= 4 is 12.3 Å². The van der Waals surface area contributed by atoms with Crippen LogP contribution in [0.3, 0.4) is 0 Å². The molecule has 0 spiro atoms. The summed E-state index contributed by atoms with van der Waals surface area (Å²) in [4.78, 5) is 23.5. The first kappa shape index (κ1) is 10.2. The van der Waals surface area contributed by atoms with Crippen LogP contribution in [-0.2, 0) is 16.1 Å². The van der Waals surface area contributed by atoms with Crippen molar-refractivity contribution in [2.24, 2.45) is 0 Å². The number of nitro groups is 1. The Morgan fingerprint density at radius 1 is 1.79 bits per heavy atom. The minimum atomic E-state index is -0.537. The zero-order valence-electron chi connectivity index (χ0n) is 7.47. The van der Waals surface area contributed by atoms with E-state index in [0.29, 0.717) is 5.82 Å². The Labute approximate surface area is 79.5 Å². The Balaban J connectivity index is 2.77. The number of imidazole rings is 1. The summed E-state index contributed by atoms with van der Waals surface area (Å²) in [5.41, 5.74) is 0. The second kappa shape index (κ2) is 4.35. The van der Waals surface area contributed by atoms with Gasteiger partial charge in [-0.25, -0.2) is 14.3 Å². The SMILES string of the molecule is Cc1ncc([N+](=O)[O-])n1CCO[C]=O. The third kappa shape index (κ3) is 2.06. The average molecular weight is 198 g/mol. The quantitative estimate of drug-likeness (QED) is 0.382. The molecule has 0 N–H and O–H groups in total. The van der Waals surface area contributed by atoms with Crippen molar-refractivity contribution in [2.45, 2.75) is 13.5 Å². The molecule has 1 radical (unpaired) electrons. The lowest BCUT2D eigenvalue weighted by Gasteiger charge is -2.00. The number of hydrogen-bond donors (Lipinski definition) is 0. The van der Waals surface area contributed by atoms with Gasteiger partial charge in [0.05, 0.1) is 0 Å². The van der Waals surface area contributed by atoms with Crippen molar-refractivity contribution in [1.82, 2.24) is 9.55 Å². The first-order valence-corrected chi connectivity index (χ1v) is 3.82. The standard InChI is InChI=1S/C7H8N3O4/c1-6-8-4-7(10(12)13)9(6)2-3-14-5-11/h4H,2-3H2,1H3. The van der Waals surface area contributed by atoms with E-state index in [4.69, 9.17) is 0 Å². The first-order valence-electron chi connectivity index (χ1n) is 3.82. The molecular formula is C7H8N3O4. The summed E-state index contributed by atoms with van der Waals surface area (Å²) in [6, 6.07) is 0. The lowest BCUT2D eigenvalue weighted by atomic mass is 10.6. The van der Waals surface area contributed by atoms with Crippen molar-refractivity contribution in [3.05, 3.63) is 22.1 Å². The van der Waals surface area contributed by atoms with Crippen LogP contribution < -0.4 is 0 Å². The number of hydrogen-bond acceptors (Lipinski definition) is 5. The van der Waals surface area contributed by atoms with Gasteiger partial charge in [0.15, 0.2) is 5.82 Å². The van der Waals surface area contributed by atoms with Gasteiger partial charge in [-0.05, 0) is 4.92 Å². The predicted octanol–water partition coefficient (Wildman–Crippen LogP) is 0.184. The van der Waals surface area contributed by atoms with Crippen LogP contribution in [0, 0.1) is 17.0 Å². The predicted molar refractivity (Wildman–Crippen MR) is 45.3 cm³/mol. The summed E-state index contributed by atoms with van der Waals surface area (Å²) in [6.45, 7) is 3.13. The van der Waals surface area contributed by atoms with Crippen LogP contribution in [0.25, 0.3) is 0 Å². The van der Waals surface area contributed by atoms with Gasteiger partial charge in [0.1, 0.15) is 19.3 Å². The molecule has 0 atom stereocenters. The molecule has 14 heavy (non-hydrogen) atoms. The number of aromatic nitrogens is 2. The molecule has 0 aromatic carbocycles. The van der Waals surface area contributed by atoms with Crippen LogP contribution in [0.2, 0.25) is 0 Å². The smallest absolute Gasteiger partial charge is 0.417 e. The normalized spacial score (nSPS) is 9.79. The van der Waals surface area contributed by atoms with Crippen LogP contribution in [-0.4, -0.2) is 27.6 Å².